The van der Waals surface area contributed by atoms with E-state index in [-0.39, 0.29) is 41.7 Å². The number of methoxy groups -OCH3 is 2. The lowest BCUT2D eigenvalue weighted by Gasteiger charge is -2.31. The number of nitrogens with one attached hydrogen (secondary N) is 2. The van der Waals surface area contributed by atoms with Crippen LogP contribution in [0.15, 0.2) is 58.8 Å². The quantitative estimate of drug-likeness (QED) is 0.142. The third-order valence-corrected chi connectivity index (χ3v) is 15.6. The first kappa shape index (κ1) is 47.7. The molecule has 0 saturated carbocycles. The molecule has 0 bridgehead atoms. The maximum Gasteiger partial charge on any atom is 0.407 e. The predicted molar refractivity (Wildman–Crippen MR) is 265 cm³/mol. The minimum atomic E-state index is -0.746. The maximum atomic E-state index is 17.0. The van der Waals surface area contributed by atoms with Crippen LogP contribution in [-0.2, 0) is 19.1 Å². The number of carbonyl (C=O) groups excluding carboxylic acids is 4. The number of carbonyl (C=O) groups is 4. The zero-order valence-corrected chi connectivity index (χ0v) is 41.5. The van der Waals surface area contributed by atoms with Gasteiger partial charge in [0.25, 0.3) is 0 Å². The van der Waals surface area contributed by atoms with Crippen LogP contribution in [0.25, 0.3) is 33.3 Å². The Kier molecular flexibility index (Phi) is 13.3. The van der Waals surface area contributed by atoms with Gasteiger partial charge in [-0.05, 0) is 97.0 Å². The fraction of sp³-hybridized carbons (Fsp3) is 0.481. The van der Waals surface area contributed by atoms with Crippen molar-refractivity contribution in [2.45, 2.75) is 123 Å². The minimum Gasteiger partial charge on any atom is -0.464 e. The number of allylic oxidation sites excluding steroid dienone is 2. The first-order chi connectivity index (χ1) is 33.1. The van der Waals surface area contributed by atoms with E-state index in [0.29, 0.717) is 48.5 Å². The summed E-state index contributed by atoms with van der Waals surface area (Å²) in [6, 6.07) is 9.84. The molecule has 9 rings (SSSR count). The third-order valence-electron chi connectivity index (χ3n) is 14.1. The topological polar surface area (TPSA) is 169 Å². The van der Waals surface area contributed by atoms with E-state index in [2.05, 4.69) is 47.2 Å². The number of fused-ring (bicyclic) bond motifs is 5. The molecule has 364 valence electrons. The number of aromatic nitrogens is 2. The van der Waals surface area contributed by atoms with E-state index in [1.165, 1.54) is 14.2 Å². The molecule has 15 nitrogen and oxygen atoms in total. The maximum absolute atomic E-state index is 17.0. The van der Waals surface area contributed by atoms with Gasteiger partial charge in [-0.15, -0.1) is 11.3 Å². The van der Waals surface area contributed by atoms with E-state index >= 15 is 4.39 Å². The third kappa shape index (κ3) is 8.94. The monoisotopic (exact) mass is 960 g/mol. The molecular formula is C52H61FN8O7S. The Labute approximate surface area is 405 Å². The molecule has 0 aliphatic carbocycles. The summed E-state index contributed by atoms with van der Waals surface area (Å²) in [5.74, 6) is -0.417. The van der Waals surface area contributed by atoms with Gasteiger partial charge >= 0.3 is 12.2 Å². The molecule has 2 aromatic heterocycles. The van der Waals surface area contributed by atoms with E-state index in [4.69, 9.17) is 29.2 Å². The lowest BCUT2D eigenvalue weighted by Crippen LogP contribution is -2.53. The molecule has 69 heavy (non-hydrogen) atoms. The van der Waals surface area contributed by atoms with Crippen molar-refractivity contribution >= 4 is 68.8 Å². The molecule has 5 aliphatic rings. The fourth-order valence-electron chi connectivity index (χ4n) is 10.4. The number of hydrogen-bond acceptors (Lipinski definition) is 11. The Morgan fingerprint density at radius 1 is 0.783 bits per heavy atom. The number of rotatable bonds is 12. The lowest BCUT2D eigenvalue weighted by atomic mass is 9.95. The van der Waals surface area contributed by atoms with Gasteiger partial charge in [-0.3, -0.25) is 24.1 Å². The summed E-state index contributed by atoms with van der Waals surface area (Å²) in [5.41, 5.74) is 7.97. The Morgan fingerprint density at radius 3 is 1.87 bits per heavy atom. The van der Waals surface area contributed by atoms with E-state index in [1.54, 1.807) is 23.6 Å². The molecule has 5 atom stereocenters. The SMILES string of the molecule is COC(=O)N[C@H](C(=O)N1CCC[C@H]1C1=NC=C(c2cc(F)c3c(c2)OC(c2sc(C(C)C)nc2C)n2c-3cc3cc(C4=CN=C([C@@H]5CCCN5C(=O)[C@@H](NC(=O)OC)C(C)C)C4)ccc32)C1)C(C)C. The van der Waals surface area contributed by atoms with Crippen LogP contribution in [0.4, 0.5) is 14.0 Å². The Balaban J connectivity index is 0.994. The van der Waals surface area contributed by atoms with Gasteiger partial charge in [0.2, 0.25) is 18.0 Å². The average Bonchev–Trinajstić information content (AvgIpc) is 4.19. The van der Waals surface area contributed by atoms with E-state index in [9.17, 15) is 19.2 Å². The molecule has 4 aromatic rings. The van der Waals surface area contributed by atoms with Crippen molar-refractivity contribution in [1.82, 2.24) is 30.0 Å². The van der Waals surface area contributed by atoms with Crippen LogP contribution < -0.4 is 15.4 Å². The van der Waals surface area contributed by atoms with Crippen LogP contribution in [-0.4, -0.2) is 106 Å². The first-order valence-corrected chi connectivity index (χ1v) is 24.8. The van der Waals surface area contributed by atoms with Crippen LogP contribution in [0.1, 0.15) is 119 Å². The highest BCUT2D eigenvalue weighted by atomic mass is 32.1. The summed E-state index contributed by atoms with van der Waals surface area (Å²) in [7, 11) is 2.57. The van der Waals surface area contributed by atoms with E-state index < -0.39 is 36.3 Å². The summed E-state index contributed by atoms with van der Waals surface area (Å²) < 4.78 is 35.7. The Bertz CT molecular complexity index is 2860. The number of benzene rings is 2. The molecule has 4 amide bonds. The number of aryl methyl sites for hydroxylation is 1. The Hall–Kier alpha value is -6.36. The van der Waals surface area contributed by atoms with Crippen molar-refractivity contribution in [1.29, 1.82) is 0 Å². The van der Waals surface area contributed by atoms with Gasteiger partial charge in [0.15, 0.2) is 0 Å². The average molecular weight is 961 g/mol. The molecule has 2 saturated heterocycles. The number of thiazole rings is 1. The number of likely N-dealkylation sites (tertiary alicyclic amines) is 2. The molecule has 2 fully saturated rings. The van der Waals surface area contributed by atoms with Crippen molar-refractivity contribution in [3.8, 4) is 17.0 Å². The molecule has 17 heteroatoms. The van der Waals surface area contributed by atoms with E-state index in [0.717, 1.165) is 80.3 Å². The zero-order valence-electron chi connectivity index (χ0n) is 40.7. The molecule has 2 aromatic carbocycles. The number of ether oxygens (including phenoxy) is 3. The molecule has 0 spiro atoms. The molecule has 5 aliphatic heterocycles. The highest BCUT2D eigenvalue weighted by Gasteiger charge is 2.41. The van der Waals surface area contributed by atoms with Gasteiger partial charge in [0.1, 0.15) is 23.7 Å². The first-order valence-electron chi connectivity index (χ1n) is 24.0. The summed E-state index contributed by atoms with van der Waals surface area (Å²) in [5, 5.41) is 7.34. The number of aliphatic imine (C=N–C) groups is 2. The summed E-state index contributed by atoms with van der Waals surface area (Å²) in [6.45, 7) is 14.9. The molecule has 2 N–H and O–H groups in total. The van der Waals surface area contributed by atoms with Crippen molar-refractivity contribution in [3.63, 3.8) is 0 Å². The predicted octanol–water partition coefficient (Wildman–Crippen LogP) is 9.39. The van der Waals surface area contributed by atoms with E-state index in [1.807, 2.05) is 62.8 Å². The normalized spacial score (nSPS) is 20.6. The lowest BCUT2D eigenvalue weighted by molar-refractivity contribution is -0.134. The standard InChI is InChI=1S/C52H61FN8O7S/c1-26(2)44(57-51(64)66-8)48(62)59-16-10-12-39(59)36-20-33(24-54-36)30-14-15-38-32(18-30)22-41-43-35(53)19-31(23-42(43)68-50(61(38)41)46-29(7)56-47(69-46)28(5)6)34-21-37(55-25-34)40-13-11-17-60(40)49(63)45(27(3)4)58-52(65)67-9/h14-15,18-19,22-28,39-40,44-45,50H,10-13,16-17,20-21H2,1-9H3,(H,57,64)(H,58,65)/t39-,40-,44-,45-,50?/m0/s1. The molecule has 0 radical (unpaired) electrons. The second-order valence-electron chi connectivity index (χ2n) is 19.6. The smallest absolute Gasteiger partial charge is 0.407 e. The Morgan fingerprint density at radius 2 is 1.35 bits per heavy atom. The minimum absolute atomic E-state index is 0.133. The number of nitrogens with zero attached hydrogens (tertiary/aromatic N) is 6. The second kappa shape index (κ2) is 19.2. The number of halogens is 1. The van der Waals surface area contributed by atoms with Crippen molar-refractivity contribution in [3.05, 3.63) is 81.3 Å². The largest absolute Gasteiger partial charge is 0.464 e. The summed E-state index contributed by atoms with van der Waals surface area (Å²) >= 11 is 1.61. The molecular weight excluding hydrogens is 900 g/mol. The van der Waals surface area contributed by atoms with Gasteiger partial charge in [0.05, 0.1) is 58.7 Å². The van der Waals surface area contributed by atoms with Crippen LogP contribution in [0.3, 0.4) is 0 Å². The molecule has 7 heterocycles. The fourth-order valence-corrected chi connectivity index (χ4v) is 11.5. The second-order valence-corrected chi connectivity index (χ2v) is 20.7. The van der Waals surface area contributed by atoms with Crippen LogP contribution in [0.2, 0.25) is 0 Å². The van der Waals surface area contributed by atoms with Crippen LogP contribution in [0, 0.1) is 24.6 Å². The summed E-state index contributed by atoms with van der Waals surface area (Å²) in [4.78, 5) is 71.3. The van der Waals surface area contributed by atoms with Crippen molar-refractivity contribution in [2.24, 2.45) is 21.8 Å². The van der Waals surface area contributed by atoms with Crippen molar-refractivity contribution in [2.75, 3.05) is 27.3 Å². The van der Waals surface area contributed by atoms with Crippen LogP contribution >= 0.6 is 11.3 Å². The van der Waals surface area contributed by atoms with Gasteiger partial charge in [-0.1, -0.05) is 47.6 Å². The molecule has 1 unspecified atom stereocenters. The highest BCUT2D eigenvalue weighted by molar-refractivity contribution is 7.11. The van der Waals surface area contributed by atoms with Gasteiger partial charge in [-0.25, -0.2) is 19.0 Å². The van der Waals surface area contributed by atoms with Crippen LogP contribution in [0.5, 0.6) is 5.75 Å². The number of hydrogen-bond donors (Lipinski definition) is 2. The van der Waals surface area contributed by atoms with Crippen molar-refractivity contribution < 1.29 is 37.8 Å². The number of amides is 4. The van der Waals surface area contributed by atoms with Gasteiger partial charge < -0.3 is 34.6 Å². The highest BCUT2D eigenvalue weighted by Crippen LogP contribution is 2.49. The number of alkyl carbamates (subject to hydrolysis) is 2. The zero-order chi connectivity index (χ0) is 49.0. The summed E-state index contributed by atoms with van der Waals surface area (Å²) in [6.07, 6.45) is 5.89. The van der Waals surface area contributed by atoms with Gasteiger partial charge in [0, 0.05) is 61.1 Å². The van der Waals surface area contributed by atoms with Gasteiger partial charge in [-0.2, -0.15) is 0 Å².